The number of unbranched alkanes of at least 4 members (excludes halogenated alkanes) is 1. The van der Waals surface area contributed by atoms with Crippen LogP contribution in [0.5, 0.6) is 0 Å². The van der Waals surface area contributed by atoms with E-state index in [4.69, 9.17) is 0 Å². The zero-order valence-electron chi connectivity index (χ0n) is 13.5. The van der Waals surface area contributed by atoms with Crippen molar-refractivity contribution in [1.29, 1.82) is 0 Å². The Morgan fingerprint density at radius 1 is 1.05 bits per heavy atom. The molecule has 1 aromatic rings. The minimum absolute atomic E-state index is 0.796. The van der Waals surface area contributed by atoms with Crippen LogP contribution in [-0.4, -0.2) is 23.1 Å². The van der Waals surface area contributed by atoms with Crippen LogP contribution in [0.1, 0.15) is 58.9 Å². The summed E-state index contributed by atoms with van der Waals surface area (Å²) in [5.74, 6) is 2.78. The average molecular weight is 278 g/mol. The summed E-state index contributed by atoms with van der Waals surface area (Å²) in [5, 5.41) is 6.81. The van der Waals surface area contributed by atoms with Crippen molar-refractivity contribution in [3.05, 3.63) is 11.9 Å². The molecule has 1 rings (SSSR count). The predicted molar refractivity (Wildman–Crippen MR) is 87.4 cm³/mol. The summed E-state index contributed by atoms with van der Waals surface area (Å²) in [7, 11) is 0. The van der Waals surface area contributed by atoms with E-state index in [9.17, 15) is 0 Å². The third kappa shape index (κ3) is 5.76. The number of nitrogens with zero attached hydrogens (tertiary/aromatic N) is 2. The lowest BCUT2D eigenvalue weighted by Crippen LogP contribution is -2.11. The second kappa shape index (κ2) is 9.56. The van der Waals surface area contributed by atoms with E-state index in [0.717, 1.165) is 43.5 Å². The van der Waals surface area contributed by atoms with Gasteiger partial charge in [0, 0.05) is 18.7 Å². The van der Waals surface area contributed by atoms with E-state index >= 15 is 0 Å². The van der Waals surface area contributed by atoms with E-state index in [1.54, 1.807) is 6.33 Å². The van der Waals surface area contributed by atoms with Crippen molar-refractivity contribution in [3.63, 3.8) is 0 Å². The van der Waals surface area contributed by atoms with Gasteiger partial charge in [0.1, 0.15) is 18.0 Å². The highest BCUT2D eigenvalue weighted by atomic mass is 15.1. The molecular weight excluding hydrogens is 248 g/mol. The third-order valence-electron chi connectivity index (χ3n) is 3.29. The molecule has 1 aromatic heterocycles. The first kappa shape index (κ1) is 16.7. The summed E-state index contributed by atoms with van der Waals surface area (Å²) in [6.07, 6.45) is 7.54. The fourth-order valence-electron chi connectivity index (χ4n) is 2.26. The van der Waals surface area contributed by atoms with E-state index in [0.29, 0.717) is 0 Å². The number of aromatic nitrogens is 2. The number of nitrogens with one attached hydrogen (secondary N) is 2. The monoisotopic (exact) mass is 278 g/mol. The lowest BCUT2D eigenvalue weighted by atomic mass is 10.1. The van der Waals surface area contributed by atoms with Crippen molar-refractivity contribution < 1.29 is 0 Å². The van der Waals surface area contributed by atoms with Gasteiger partial charge in [-0.05, 0) is 25.7 Å². The Labute approximate surface area is 123 Å². The van der Waals surface area contributed by atoms with Gasteiger partial charge in [-0.25, -0.2) is 9.97 Å². The second-order valence-electron chi connectivity index (χ2n) is 5.65. The molecule has 0 atom stereocenters. The van der Waals surface area contributed by atoms with E-state index in [2.05, 4.69) is 48.3 Å². The van der Waals surface area contributed by atoms with Crippen LogP contribution in [0.2, 0.25) is 0 Å². The smallest absolute Gasteiger partial charge is 0.134 e. The SMILES string of the molecule is CCCc1c(NCC)ncnc1NCCCCC(C)C. The first-order valence-electron chi connectivity index (χ1n) is 8.00. The molecule has 1 heterocycles. The Morgan fingerprint density at radius 3 is 2.35 bits per heavy atom. The van der Waals surface area contributed by atoms with Crippen LogP contribution in [0.25, 0.3) is 0 Å². The zero-order valence-corrected chi connectivity index (χ0v) is 13.5. The molecule has 0 saturated carbocycles. The highest BCUT2D eigenvalue weighted by molar-refractivity contribution is 5.57. The Bertz CT molecular complexity index is 377. The highest BCUT2D eigenvalue weighted by Crippen LogP contribution is 2.21. The minimum Gasteiger partial charge on any atom is -0.370 e. The summed E-state index contributed by atoms with van der Waals surface area (Å²) >= 11 is 0. The topological polar surface area (TPSA) is 49.8 Å². The van der Waals surface area contributed by atoms with Crippen molar-refractivity contribution in [2.45, 2.75) is 59.8 Å². The molecule has 4 nitrogen and oxygen atoms in total. The standard InChI is InChI=1S/C16H30N4/c1-5-9-14-15(17-6-2)19-12-20-16(14)18-11-8-7-10-13(3)4/h12-13H,5-11H2,1-4H3,(H2,17,18,19,20). The van der Waals surface area contributed by atoms with Crippen molar-refractivity contribution >= 4 is 11.6 Å². The summed E-state index contributed by atoms with van der Waals surface area (Å²) in [5.41, 5.74) is 1.22. The van der Waals surface area contributed by atoms with E-state index in [1.165, 1.54) is 24.8 Å². The normalized spacial score (nSPS) is 10.8. The van der Waals surface area contributed by atoms with Gasteiger partial charge < -0.3 is 10.6 Å². The molecule has 0 unspecified atom stereocenters. The van der Waals surface area contributed by atoms with E-state index in [1.807, 2.05) is 0 Å². The lowest BCUT2D eigenvalue weighted by Gasteiger charge is -2.14. The van der Waals surface area contributed by atoms with Gasteiger partial charge in [-0.3, -0.25) is 0 Å². The van der Waals surface area contributed by atoms with Crippen LogP contribution in [0.4, 0.5) is 11.6 Å². The predicted octanol–water partition coefficient (Wildman–Crippen LogP) is 4.10. The number of hydrogen-bond donors (Lipinski definition) is 2. The molecule has 0 bridgehead atoms. The van der Waals surface area contributed by atoms with E-state index in [-0.39, 0.29) is 0 Å². The lowest BCUT2D eigenvalue weighted by molar-refractivity contribution is 0.544. The van der Waals surface area contributed by atoms with Crippen LogP contribution in [0, 0.1) is 5.92 Å². The fraction of sp³-hybridized carbons (Fsp3) is 0.750. The van der Waals surface area contributed by atoms with Crippen molar-refractivity contribution in [1.82, 2.24) is 9.97 Å². The van der Waals surface area contributed by atoms with Gasteiger partial charge >= 0.3 is 0 Å². The van der Waals surface area contributed by atoms with Gasteiger partial charge in [0.15, 0.2) is 0 Å². The maximum absolute atomic E-state index is 4.41. The molecule has 114 valence electrons. The zero-order chi connectivity index (χ0) is 14.8. The molecule has 0 spiro atoms. The summed E-state index contributed by atoms with van der Waals surface area (Å²) in [6, 6.07) is 0. The van der Waals surface area contributed by atoms with Gasteiger partial charge in [-0.2, -0.15) is 0 Å². The summed E-state index contributed by atoms with van der Waals surface area (Å²) in [6.45, 7) is 10.7. The fourth-order valence-corrected chi connectivity index (χ4v) is 2.26. The molecule has 20 heavy (non-hydrogen) atoms. The Balaban J connectivity index is 2.56. The average Bonchev–Trinajstić information content (AvgIpc) is 2.41. The van der Waals surface area contributed by atoms with Gasteiger partial charge in [0.25, 0.3) is 0 Å². The highest BCUT2D eigenvalue weighted by Gasteiger charge is 2.09. The van der Waals surface area contributed by atoms with Gasteiger partial charge in [-0.15, -0.1) is 0 Å². The van der Waals surface area contributed by atoms with Crippen LogP contribution >= 0.6 is 0 Å². The molecule has 4 heteroatoms. The molecule has 0 aromatic carbocycles. The molecule has 0 aliphatic carbocycles. The third-order valence-corrected chi connectivity index (χ3v) is 3.29. The number of anilines is 2. The van der Waals surface area contributed by atoms with Gasteiger partial charge in [-0.1, -0.05) is 40.0 Å². The number of hydrogen-bond acceptors (Lipinski definition) is 4. The first-order chi connectivity index (χ1) is 9.69. The molecule has 0 aliphatic rings. The molecular formula is C16H30N4. The van der Waals surface area contributed by atoms with Crippen LogP contribution in [-0.2, 0) is 6.42 Å². The van der Waals surface area contributed by atoms with Crippen molar-refractivity contribution in [3.8, 4) is 0 Å². The molecule has 0 radical (unpaired) electrons. The minimum atomic E-state index is 0.796. The first-order valence-corrected chi connectivity index (χ1v) is 8.00. The summed E-state index contributed by atoms with van der Waals surface area (Å²) < 4.78 is 0. The quantitative estimate of drug-likeness (QED) is 0.633. The van der Waals surface area contributed by atoms with Crippen LogP contribution in [0.3, 0.4) is 0 Å². The van der Waals surface area contributed by atoms with Gasteiger partial charge in [0.2, 0.25) is 0 Å². The Morgan fingerprint density at radius 2 is 1.75 bits per heavy atom. The molecule has 0 saturated heterocycles. The van der Waals surface area contributed by atoms with E-state index < -0.39 is 0 Å². The molecule has 0 amide bonds. The maximum Gasteiger partial charge on any atom is 0.134 e. The van der Waals surface area contributed by atoms with Gasteiger partial charge in [0.05, 0.1) is 0 Å². The maximum atomic E-state index is 4.41. The van der Waals surface area contributed by atoms with Crippen molar-refractivity contribution in [2.24, 2.45) is 5.92 Å². The van der Waals surface area contributed by atoms with Crippen molar-refractivity contribution in [2.75, 3.05) is 23.7 Å². The Kier molecular flexibility index (Phi) is 8.00. The second-order valence-corrected chi connectivity index (χ2v) is 5.65. The summed E-state index contributed by atoms with van der Waals surface area (Å²) in [4.78, 5) is 8.76. The van der Waals surface area contributed by atoms with Crippen LogP contribution in [0.15, 0.2) is 6.33 Å². The molecule has 2 N–H and O–H groups in total. The van der Waals surface area contributed by atoms with Crippen LogP contribution < -0.4 is 10.6 Å². The molecule has 0 fully saturated rings. The Hall–Kier alpha value is -1.32. The largest absolute Gasteiger partial charge is 0.370 e. The molecule has 0 aliphatic heterocycles. The number of rotatable bonds is 10.